The van der Waals surface area contributed by atoms with Crippen molar-refractivity contribution in [2.45, 2.75) is 140 Å². The van der Waals surface area contributed by atoms with Crippen LogP contribution >= 0.6 is 7.82 Å². The second-order valence-corrected chi connectivity index (χ2v) is 28.5. The van der Waals surface area contributed by atoms with Gasteiger partial charge in [0.1, 0.15) is 36.7 Å². The van der Waals surface area contributed by atoms with E-state index in [1.165, 1.54) is 29.1 Å². The van der Waals surface area contributed by atoms with Crippen molar-refractivity contribution in [2.24, 2.45) is 0 Å². The van der Waals surface area contributed by atoms with Gasteiger partial charge in [-0.15, -0.1) is 6.58 Å². The second kappa shape index (κ2) is 18.1. The molecule has 0 aromatic carbocycles. The quantitative estimate of drug-likeness (QED) is 0.0875. The van der Waals surface area contributed by atoms with E-state index in [1.54, 1.807) is 0 Å². The van der Waals surface area contributed by atoms with Crippen LogP contribution in [0.5, 0.6) is 0 Å². The zero-order valence-corrected chi connectivity index (χ0v) is 37.3. The zero-order chi connectivity index (χ0) is 42.7. The number of hydrogen-bond donors (Lipinski definition) is 3. The molecule has 2 fully saturated rings. The number of phosphoric acid groups is 1. The number of rotatable bonds is 17. The van der Waals surface area contributed by atoms with E-state index in [4.69, 9.17) is 31.9 Å². The van der Waals surface area contributed by atoms with Crippen molar-refractivity contribution in [2.75, 3.05) is 19.8 Å². The highest BCUT2D eigenvalue weighted by molar-refractivity contribution is 7.48. The van der Waals surface area contributed by atoms with Crippen molar-refractivity contribution >= 4 is 24.5 Å². The molecule has 4 rings (SSSR count). The first-order chi connectivity index (χ1) is 26.3. The van der Waals surface area contributed by atoms with Gasteiger partial charge in [-0.2, -0.15) is 5.26 Å². The lowest BCUT2D eigenvalue weighted by molar-refractivity contribution is -0.0624. The summed E-state index contributed by atoms with van der Waals surface area (Å²) < 4.78 is 60.2. The summed E-state index contributed by atoms with van der Waals surface area (Å²) in [5.74, 6) is 0. The maximum Gasteiger partial charge on any atom is 0.475 e. The van der Waals surface area contributed by atoms with E-state index in [0.29, 0.717) is 0 Å². The number of phosphoric ester groups is 1. The topological polar surface area (TPSA) is 235 Å². The Labute approximate surface area is 333 Å². The summed E-state index contributed by atoms with van der Waals surface area (Å²) in [4.78, 5) is 54.6. The van der Waals surface area contributed by atoms with Crippen molar-refractivity contribution in [3.05, 3.63) is 78.4 Å². The number of aromatic nitrogens is 4. The number of aliphatic hydroxyl groups is 1. The highest BCUT2D eigenvalue weighted by atomic mass is 31.2. The molecule has 2 aliphatic heterocycles. The first-order valence-corrected chi connectivity index (χ1v) is 26.1. The van der Waals surface area contributed by atoms with Gasteiger partial charge in [0.25, 0.3) is 11.1 Å². The fourth-order valence-electron chi connectivity index (χ4n) is 5.69. The van der Waals surface area contributed by atoms with E-state index < -0.39 is 96.5 Å². The Morgan fingerprint density at radius 2 is 1.63 bits per heavy atom. The molecule has 2 saturated heterocycles. The number of hydrogen-bond acceptors (Lipinski definition) is 14. The summed E-state index contributed by atoms with van der Waals surface area (Å²) in [7, 11) is -9.64. The van der Waals surface area contributed by atoms with Gasteiger partial charge in [0.2, 0.25) is 0 Å². The summed E-state index contributed by atoms with van der Waals surface area (Å²) >= 11 is 0. The molecule has 2 aliphatic rings. The molecule has 0 radical (unpaired) electrons. The molecule has 2 aromatic rings. The Bertz CT molecular complexity index is 2060. The van der Waals surface area contributed by atoms with Gasteiger partial charge < -0.3 is 23.4 Å². The maximum absolute atomic E-state index is 14.6. The molecule has 0 saturated carbocycles. The minimum atomic E-state index is -4.63. The SMILES string of the molecule is C=CCc1cn([C@@H]2O[C@H](COP(=O)(OCCC#N)O[C@H]3C[C@H](n4ccc(=O)[nH]c4=O)O[C@@H]3CO[Si](C)(C)C(C)(C)C)[C@@H](O[Si](C)(C)C(C)(C)C)[C@H]2O)c(=O)[nH]c1=O. The van der Waals surface area contributed by atoms with E-state index in [0.717, 1.165) is 4.57 Å². The summed E-state index contributed by atoms with van der Waals surface area (Å²) in [5.41, 5.74) is -2.55. The van der Waals surface area contributed by atoms with Crippen LogP contribution in [0, 0.1) is 11.3 Å². The van der Waals surface area contributed by atoms with Crippen LogP contribution < -0.4 is 22.5 Å². The van der Waals surface area contributed by atoms with Crippen molar-refractivity contribution < 1.29 is 41.6 Å². The van der Waals surface area contributed by atoms with Gasteiger partial charge in [-0.3, -0.25) is 42.3 Å². The summed E-state index contributed by atoms with van der Waals surface area (Å²) in [6.07, 6.45) is -3.94. The number of aromatic amines is 2. The van der Waals surface area contributed by atoms with Crippen molar-refractivity contribution in [3.8, 4) is 6.07 Å². The Hall–Kier alpha value is -3.07. The standard InChI is InChI=1S/C36H58N5O13PSi2/c1-12-14-23-20-41(34(46)39-31(23)44)32-29(43)30(54-57(10,11)36(5,6)7)26(52-32)21-49-55(47,48-18-13-16-37)53-24-19-28(40-17-15-27(42)38-33(40)45)51-25(24)22-50-56(8,9)35(2,3)4/h12,15,17,20,24-26,28-30,32,43H,1,13-14,18-19,21-22H2,2-11H3,(H,38,42,45)(H,39,44,46)/t24-,25+,26+,28+,29+,30+,32+,55?/m0/s1. The molecule has 0 bridgehead atoms. The molecular weight excluding hydrogens is 798 g/mol. The molecule has 2 aromatic heterocycles. The van der Waals surface area contributed by atoms with Gasteiger partial charge in [-0.1, -0.05) is 47.6 Å². The van der Waals surface area contributed by atoms with Gasteiger partial charge in [-0.25, -0.2) is 14.2 Å². The molecule has 57 heavy (non-hydrogen) atoms. The first kappa shape index (κ1) is 46.6. The van der Waals surface area contributed by atoms with Gasteiger partial charge in [0.15, 0.2) is 22.9 Å². The van der Waals surface area contributed by atoms with Crippen LogP contribution in [-0.4, -0.2) is 91.2 Å². The molecule has 1 unspecified atom stereocenters. The fraction of sp³-hybridized carbons (Fsp3) is 0.694. The number of ether oxygens (including phenoxy) is 2. The smallest absolute Gasteiger partial charge is 0.414 e. The third-order valence-corrected chi connectivity index (χ3v) is 21.6. The lowest BCUT2D eigenvalue weighted by Crippen LogP contribution is -2.50. The molecule has 0 spiro atoms. The fourth-order valence-corrected chi connectivity index (χ4v) is 9.42. The lowest BCUT2D eigenvalue weighted by Gasteiger charge is -2.40. The van der Waals surface area contributed by atoms with E-state index in [1.807, 2.05) is 53.0 Å². The van der Waals surface area contributed by atoms with Crippen LogP contribution in [0.1, 0.15) is 72.4 Å². The predicted molar refractivity (Wildman–Crippen MR) is 215 cm³/mol. The predicted octanol–water partition coefficient (Wildman–Crippen LogP) is 4.21. The van der Waals surface area contributed by atoms with Crippen LogP contribution in [0.25, 0.3) is 0 Å². The highest BCUT2D eigenvalue weighted by Crippen LogP contribution is 2.54. The van der Waals surface area contributed by atoms with Gasteiger partial charge in [0, 0.05) is 30.4 Å². The van der Waals surface area contributed by atoms with Crippen LogP contribution in [0.3, 0.4) is 0 Å². The molecule has 0 aliphatic carbocycles. The zero-order valence-electron chi connectivity index (χ0n) is 34.4. The molecule has 318 valence electrons. The molecular formula is C36H58N5O13PSi2. The van der Waals surface area contributed by atoms with Gasteiger partial charge in [-0.05, 0) is 42.7 Å². The molecule has 18 nitrogen and oxygen atoms in total. The largest absolute Gasteiger partial charge is 0.475 e. The molecule has 4 heterocycles. The monoisotopic (exact) mass is 855 g/mol. The average Bonchev–Trinajstić information content (AvgIpc) is 3.62. The Morgan fingerprint density at radius 1 is 0.982 bits per heavy atom. The van der Waals surface area contributed by atoms with Crippen LogP contribution in [0.4, 0.5) is 0 Å². The highest BCUT2D eigenvalue weighted by Gasteiger charge is 2.52. The van der Waals surface area contributed by atoms with E-state index in [9.17, 15) is 34.1 Å². The lowest BCUT2D eigenvalue weighted by atomic mass is 10.1. The normalized spacial score (nSPS) is 25.6. The van der Waals surface area contributed by atoms with Crippen molar-refractivity contribution in [1.29, 1.82) is 5.26 Å². The summed E-state index contributed by atoms with van der Waals surface area (Å²) in [6, 6.07) is 3.10. The molecule has 3 N–H and O–H groups in total. The Kier molecular flexibility index (Phi) is 14.8. The number of nitrogens with one attached hydrogen (secondary N) is 2. The van der Waals surface area contributed by atoms with Crippen molar-refractivity contribution in [1.82, 2.24) is 19.1 Å². The van der Waals surface area contributed by atoms with Gasteiger partial charge >= 0.3 is 19.2 Å². The number of H-pyrrole nitrogens is 2. The third-order valence-electron chi connectivity index (χ3n) is 11.1. The number of nitrogens with zero attached hydrogens (tertiary/aromatic N) is 3. The van der Waals surface area contributed by atoms with Gasteiger partial charge in [0.05, 0.1) is 32.3 Å². The maximum atomic E-state index is 14.6. The van der Waals surface area contributed by atoms with E-state index >= 15 is 0 Å². The van der Waals surface area contributed by atoms with Crippen molar-refractivity contribution in [3.63, 3.8) is 0 Å². The number of aliphatic hydroxyl groups excluding tert-OH is 1. The van der Waals surface area contributed by atoms with Crippen LogP contribution in [0.15, 0.2) is 50.3 Å². The van der Waals surface area contributed by atoms with Crippen LogP contribution in [-0.2, 0) is 42.9 Å². The minimum Gasteiger partial charge on any atom is -0.414 e. The molecule has 8 atom stereocenters. The third kappa shape index (κ3) is 11.2. The Balaban J connectivity index is 1.68. The molecule has 21 heteroatoms. The summed E-state index contributed by atoms with van der Waals surface area (Å²) in [5, 5.41) is 20.5. The number of nitriles is 1. The minimum absolute atomic E-state index is 0.00223. The summed E-state index contributed by atoms with van der Waals surface area (Å²) in [6.45, 7) is 23.0. The van der Waals surface area contributed by atoms with E-state index in [2.05, 4.69) is 37.3 Å². The van der Waals surface area contributed by atoms with E-state index in [-0.39, 0.29) is 48.1 Å². The first-order valence-electron chi connectivity index (χ1n) is 18.8. The second-order valence-electron chi connectivity index (χ2n) is 17.3. The van der Waals surface area contributed by atoms with Crippen LogP contribution in [0.2, 0.25) is 36.3 Å². The molecule has 0 amide bonds. The average molecular weight is 856 g/mol. The Morgan fingerprint density at radius 3 is 2.23 bits per heavy atom. The number of allylic oxidation sites excluding steroid dienone is 1.